The molecule has 0 fully saturated rings. The second-order valence-corrected chi connectivity index (χ2v) is 19.9. The maximum Gasteiger partial charge on any atom is 0.472 e. The summed E-state index contributed by atoms with van der Waals surface area (Å²) >= 11 is 0. The molecule has 0 rings (SSSR count). The Morgan fingerprint density at radius 2 is 0.828 bits per heavy atom. The molecule has 0 aromatic rings. The first-order valence-corrected chi connectivity index (χ1v) is 29.0. The topological polar surface area (TPSA) is 117 Å². The van der Waals surface area contributed by atoms with Crippen molar-refractivity contribution in [1.29, 1.82) is 0 Å². The van der Waals surface area contributed by atoms with Crippen molar-refractivity contribution in [3.8, 4) is 0 Å². The minimum Gasteiger partial charge on any atom is -0.457 e. The van der Waals surface area contributed by atoms with Crippen LogP contribution in [0.25, 0.3) is 0 Å². The molecule has 0 amide bonds. The highest BCUT2D eigenvalue weighted by Gasteiger charge is 2.25. The van der Waals surface area contributed by atoms with E-state index in [-0.39, 0.29) is 32.3 Å². The first-order valence-electron chi connectivity index (χ1n) is 27.5. The Balaban J connectivity index is 3.90. The molecule has 0 heterocycles. The van der Waals surface area contributed by atoms with E-state index in [4.69, 9.17) is 24.3 Å². The first-order chi connectivity index (χ1) is 31.4. The number of hydrogen-bond donors (Lipinski definition) is 2. The second kappa shape index (κ2) is 52.7. The number of ether oxygens (including phenoxy) is 2. The monoisotopic (exact) mass is 924 g/mol. The number of rotatable bonds is 53. The summed E-state index contributed by atoms with van der Waals surface area (Å²) in [5, 5.41) is 0. The molecule has 0 aliphatic rings. The first kappa shape index (κ1) is 62.7. The highest BCUT2D eigenvalue weighted by atomic mass is 31.2. The van der Waals surface area contributed by atoms with E-state index in [0.717, 1.165) is 44.9 Å². The van der Waals surface area contributed by atoms with Gasteiger partial charge in [-0.15, -0.1) is 0 Å². The van der Waals surface area contributed by atoms with Crippen molar-refractivity contribution in [2.45, 2.75) is 277 Å². The van der Waals surface area contributed by atoms with Crippen LogP contribution in [0.15, 0.2) is 36.5 Å². The van der Waals surface area contributed by atoms with Crippen molar-refractivity contribution in [1.82, 2.24) is 0 Å². The van der Waals surface area contributed by atoms with Crippen molar-refractivity contribution in [3.05, 3.63) is 36.5 Å². The van der Waals surface area contributed by atoms with Gasteiger partial charge in [0.1, 0.15) is 6.10 Å². The van der Waals surface area contributed by atoms with E-state index in [1.165, 1.54) is 205 Å². The summed E-state index contributed by atoms with van der Waals surface area (Å²) in [5.74, 6) is -0.329. The van der Waals surface area contributed by atoms with Gasteiger partial charge in [-0.05, 0) is 51.4 Å². The number of carbonyl (C=O) groups is 1. The lowest BCUT2D eigenvalue weighted by atomic mass is 10.0. The molecule has 0 bridgehead atoms. The number of nitrogens with two attached hydrogens (primary N) is 1. The van der Waals surface area contributed by atoms with Crippen molar-refractivity contribution in [3.63, 3.8) is 0 Å². The van der Waals surface area contributed by atoms with Gasteiger partial charge in [-0.3, -0.25) is 13.8 Å². The van der Waals surface area contributed by atoms with E-state index in [9.17, 15) is 14.3 Å². The zero-order valence-electron chi connectivity index (χ0n) is 42.3. The fraction of sp³-hybridized carbons (Fsp3) is 0.873. The highest BCUT2D eigenvalue weighted by Crippen LogP contribution is 2.43. The molecule has 9 heteroatoms. The van der Waals surface area contributed by atoms with Crippen LogP contribution in [0.3, 0.4) is 0 Å². The van der Waals surface area contributed by atoms with E-state index < -0.39 is 13.9 Å². The van der Waals surface area contributed by atoms with Crippen LogP contribution in [-0.4, -0.2) is 49.9 Å². The van der Waals surface area contributed by atoms with Crippen LogP contribution in [0.4, 0.5) is 0 Å². The van der Waals surface area contributed by atoms with Crippen molar-refractivity contribution in [2.24, 2.45) is 5.73 Å². The Bertz CT molecular complexity index is 1080. The average Bonchev–Trinajstić information content (AvgIpc) is 3.29. The van der Waals surface area contributed by atoms with Gasteiger partial charge in [0.2, 0.25) is 0 Å². The van der Waals surface area contributed by atoms with Crippen LogP contribution < -0.4 is 5.73 Å². The molecule has 8 nitrogen and oxygen atoms in total. The fourth-order valence-electron chi connectivity index (χ4n) is 8.01. The fourth-order valence-corrected chi connectivity index (χ4v) is 8.77. The third-order valence-electron chi connectivity index (χ3n) is 12.1. The third-order valence-corrected chi connectivity index (χ3v) is 13.0. The average molecular weight is 924 g/mol. The quantitative estimate of drug-likeness (QED) is 0.0268. The van der Waals surface area contributed by atoms with E-state index in [0.29, 0.717) is 13.0 Å². The molecule has 64 heavy (non-hydrogen) atoms. The number of allylic oxidation sites excluding steroid dienone is 6. The molecule has 0 radical (unpaired) electrons. The van der Waals surface area contributed by atoms with Gasteiger partial charge in [0, 0.05) is 19.6 Å². The minimum atomic E-state index is -4.28. The Labute approximate surface area is 397 Å². The smallest absolute Gasteiger partial charge is 0.457 e. The summed E-state index contributed by atoms with van der Waals surface area (Å²) in [6.07, 6.45) is 63.3. The van der Waals surface area contributed by atoms with Gasteiger partial charge in [-0.25, -0.2) is 4.57 Å². The van der Waals surface area contributed by atoms with Crippen molar-refractivity contribution >= 4 is 13.8 Å². The maximum absolute atomic E-state index is 12.7. The summed E-state index contributed by atoms with van der Waals surface area (Å²) in [7, 11) is -4.28. The number of hydrogen-bond acceptors (Lipinski definition) is 7. The molecule has 0 saturated heterocycles. The molecule has 3 N–H and O–H groups in total. The third kappa shape index (κ3) is 51.7. The summed E-state index contributed by atoms with van der Waals surface area (Å²) in [5.41, 5.74) is 5.40. The van der Waals surface area contributed by atoms with Crippen molar-refractivity contribution < 1.29 is 32.8 Å². The molecule has 0 spiro atoms. The van der Waals surface area contributed by atoms with E-state index in [1.807, 2.05) is 0 Å². The summed E-state index contributed by atoms with van der Waals surface area (Å²) < 4.78 is 33.7. The largest absolute Gasteiger partial charge is 0.472 e. The normalized spacial score (nSPS) is 13.5. The van der Waals surface area contributed by atoms with Gasteiger partial charge in [0.15, 0.2) is 0 Å². The molecule has 378 valence electrons. The zero-order valence-corrected chi connectivity index (χ0v) is 43.2. The van der Waals surface area contributed by atoms with Crippen LogP contribution in [-0.2, 0) is 27.9 Å². The van der Waals surface area contributed by atoms with Gasteiger partial charge in [-0.2, -0.15) is 0 Å². The Morgan fingerprint density at radius 1 is 0.469 bits per heavy atom. The number of phosphoric ester groups is 1. The predicted octanol–water partition coefficient (Wildman–Crippen LogP) is 17.3. The van der Waals surface area contributed by atoms with Crippen LogP contribution in [0.1, 0.15) is 271 Å². The molecule has 0 aliphatic heterocycles. The summed E-state index contributed by atoms with van der Waals surface area (Å²) in [6, 6.07) is 0. The zero-order chi connectivity index (χ0) is 46.5. The van der Waals surface area contributed by atoms with Gasteiger partial charge < -0.3 is 20.1 Å². The van der Waals surface area contributed by atoms with Gasteiger partial charge >= 0.3 is 13.8 Å². The van der Waals surface area contributed by atoms with Gasteiger partial charge in [0.05, 0.1) is 19.8 Å². The molecular weight excluding hydrogens is 818 g/mol. The van der Waals surface area contributed by atoms with E-state index >= 15 is 0 Å². The van der Waals surface area contributed by atoms with Crippen molar-refractivity contribution in [2.75, 3.05) is 33.0 Å². The summed E-state index contributed by atoms with van der Waals surface area (Å²) in [4.78, 5) is 22.6. The molecule has 0 aromatic heterocycles. The minimum absolute atomic E-state index is 0.0947. The van der Waals surface area contributed by atoms with Crippen LogP contribution in [0.5, 0.6) is 0 Å². The Hall–Kier alpha value is -1.28. The summed E-state index contributed by atoms with van der Waals surface area (Å²) in [6.45, 7) is 4.96. The molecule has 2 atom stereocenters. The standard InChI is InChI=1S/C55H106NO7P/c1-3-5-7-9-11-13-15-17-19-21-23-25-26-27-28-29-30-32-34-36-38-40-42-44-46-48-55(57)63-54(53-62-64(58,59)61-51-49-56)52-60-50-47-45-43-41-39-37-35-33-31-24-22-20-18-16-14-12-10-8-6-4-2/h15,17,21,23,26-27,54H,3-14,16,18-20,22,24-25,28-53,56H2,1-2H3,(H,58,59)/b17-15-,23-21-,27-26-. The lowest BCUT2D eigenvalue weighted by Crippen LogP contribution is -2.28. The molecule has 0 saturated carbocycles. The van der Waals surface area contributed by atoms with Crippen LogP contribution in [0.2, 0.25) is 0 Å². The highest BCUT2D eigenvalue weighted by molar-refractivity contribution is 7.47. The van der Waals surface area contributed by atoms with Gasteiger partial charge in [-0.1, -0.05) is 249 Å². The van der Waals surface area contributed by atoms with E-state index in [2.05, 4.69) is 50.3 Å². The maximum atomic E-state index is 12.7. The Morgan fingerprint density at radius 3 is 1.23 bits per heavy atom. The predicted molar refractivity (Wildman–Crippen MR) is 275 cm³/mol. The van der Waals surface area contributed by atoms with E-state index in [1.54, 1.807) is 0 Å². The molecule has 2 unspecified atom stereocenters. The number of unbranched alkanes of at least 4 members (excludes halogenated alkanes) is 34. The lowest BCUT2D eigenvalue weighted by Gasteiger charge is -2.20. The molecule has 0 aromatic carbocycles. The number of carbonyl (C=O) groups excluding carboxylic acids is 1. The second-order valence-electron chi connectivity index (χ2n) is 18.5. The molecular formula is C55H106NO7P. The SMILES string of the molecule is CCCCCCC/C=C\C/C=C\C/C=C\CCCCCCCCCCCCC(=O)OC(COCCCCCCCCCCCCCCCCCCCCCC)COP(=O)(O)OCCN. The van der Waals surface area contributed by atoms with Gasteiger partial charge in [0.25, 0.3) is 0 Å². The Kier molecular flexibility index (Phi) is 51.6. The lowest BCUT2D eigenvalue weighted by molar-refractivity contribution is -0.154. The number of phosphoric acid groups is 1. The van der Waals surface area contributed by atoms with Crippen LogP contribution >= 0.6 is 7.82 Å². The molecule has 0 aliphatic carbocycles. The number of esters is 1. The van der Waals surface area contributed by atoms with Crippen LogP contribution in [0, 0.1) is 0 Å².